The van der Waals surface area contributed by atoms with Crippen LogP contribution in [0.25, 0.3) is 0 Å². The fraction of sp³-hybridized carbons (Fsp3) is 0.529. The fourth-order valence-electron chi connectivity index (χ4n) is 3.02. The second-order valence-electron chi connectivity index (χ2n) is 6.28. The van der Waals surface area contributed by atoms with Gasteiger partial charge in [-0.1, -0.05) is 11.2 Å². The van der Waals surface area contributed by atoms with Gasteiger partial charge in [0.2, 0.25) is 0 Å². The highest BCUT2D eigenvalue weighted by atomic mass is 32.1. The molecule has 128 valence electrons. The number of rotatable bonds is 6. The number of nitrogens with zero attached hydrogens (tertiary/aromatic N) is 2. The number of hydrogen-bond acceptors (Lipinski definition) is 6. The normalized spacial score (nSPS) is 20.0. The minimum Gasteiger partial charge on any atom is -0.379 e. The van der Waals surface area contributed by atoms with Gasteiger partial charge in [0, 0.05) is 36.5 Å². The van der Waals surface area contributed by atoms with E-state index in [2.05, 4.69) is 32.9 Å². The van der Waals surface area contributed by atoms with E-state index in [1.807, 2.05) is 0 Å². The van der Waals surface area contributed by atoms with Crippen LogP contribution in [0.5, 0.6) is 0 Å². The minimum atomic E-state index is -0.166. The van der Waals surface area contributed by atoms with Crippen molar-refractivity contribution in [2.24, 2.45) is 0 Å². The summed E-state index contributed by atoms with van der Waals surface area (Å²) in [4.78, 5) is 16.0. The molecule has 1 aliphatic heterocycles. The quantitative estimate of drug-likeness (QED) is 0.869. The van der Waals surface area contributed by atoms with E-state index in [1.54, 1.807) is 17.4 Å². The Balaban J connectivity index is 1.41. The summed E-state index contributed by atoms with van der Waals surface area (Å²) in [7, 11) is 0. The van der Waals surface area contributed by atoms with E-state index in [0.717, 1.165) is 44.9 Å². The molecule has 2 aromatic rings. The van der Waals surface area contributed by atoms with Gasteiger partial charge in [-0.2, -0.15) is 0 Å². The van der Waals surface area contributed by atoms with Gasteiger partial charge in [-0.25, -0.2) is 0 Å². The third-order valence-electron chi connectivity index (χ3n) is 4.55. The third kappa shape index (κ3) is 3.53. The highest BCUT2D eigenvalue weighted by Gasteiger charge is 2.29. The Morgan fingerprint density at radius 2 is 2.25 bits per heavy atom. The Kier molecular flexibility index (Phi) is 4.64. The largest absolute Gasteiger partial charge is 0.379 e. The van der Waals surface area contributed by atoms with Crippen LogP contribution in [0.2, 0.25) is 0 Å². The van der Waals surface area contributed by atoms with E-state index < -0.39 is 0 Å². The molecule has 1 amide bonds. The zero-order valence-corrected chi connectivity index (χ0v) is 14.3. The fourth-order valence-corrected chi connectivity index (χ4v) is 3.88. The number of carbonyl (C=O) groups excluding carboxylic acids is 1. The minimum absolute atomic E-state index is 0.166. The lowest BCUT2D eigenvalue weighted by Crippen LogP contribution is -2.43. The number of thiophene rings is 1. The predicted octanol–water partition coefficient (Wildman–Crippen LogP) is 2.42. The Morgan fingerprint density at radius 3 is 2.96 bits per heavy atom. The van der Waals surface area contributed by atoms with E-state index in [4.69, 9.17) is 9.26 Å². The van der Waals surface area contributed by atoms with Crippen molar-refractivity contribution in [3.63, 3.8) is 0 Å². The van der Waals surface area contributed by atoms with E-state index in [-0.39, 0.29) is 11.9 Å². The molecule has 0 aromatic carbocycles. The second-order valence-corrected chi connectivity index (χ2v) is 7.26. The molecule has 1 saturated heterocycles. The van der Waals surface area contributed by atoms with Crippen LogP contribution in [-0.4, -0.2) is 48.8 Å². The van der Waals surface area contributed by atoms with Gasteiger partial charge in [0.1, 0.15) is 5.76 Å². The molecule has 6 nitrogen and oxygen atoms in total. The summed E-state index contributed by atoms with van der Waals surface area (Å²) in [6.07, 6.45) is 2.27. The Hall–Kier alpha value is -1.70. The van der Waals surface area contributed by atoms with Crippen molar-refractivity contribution in [3.8, 4) is 0 Å². The summed E-state index contributed by atoms with van der Waals surface area (Å²) in [5.74, 6) is 1.13. The van der Waals surface area contributed by atoms with Gasteiger partial charge >= 0.3 is 0 Å². The zero-order chi connectivity index (χ0) is 16.4. The third-order valence-corrected chi connectivity index (χ3v) is 5.53. The molecule has 1 saturated carbocycles. The molecule has 4 rings (SSSR count). The molecular weight excluding hydrogens is 326 g/mol. The number of ether oxygens (including phenoxy) is 1. The maximum Gasteiger partial charge on any atom is 0.273 e. The lowest BCUT2D eigenvalue weighted by molar-refractivity contribution is 0.0169. The van der Waals surface area contributed by atoms with Crippen LogP contribution in [0.15, 0.2) is 28.1 Å². The van der Waals surface area contributed by atoms with Gasteiger partial charge < -0.3 is 14.6 Å². The predicted molar refractivity (Wildman–Crippen MR) is 90.3 cm³/mol. The number of nitrogens with one attached hydrogen (secondary N) is 1. The summed E-state index contributed by atoms with van der Waals surface area (Å²) in [6.45, 7) is 3.81. The van der Waals surface area contributed by atoms with Crippen molar-refractivity contribution < 1.29 is 14.1 Å². The molecule has 1 aliphatic carbocycles. The molecule has 2 aromatic heterocycles. The van der Waals surface area contributed by atoms with Gasteiger partial charge in [-0.15, -0.1) is 11.3 Å². The second kappa shape index (κ2) is 7.04. The van der Waals surface area contributed by atoms with Gasteiger partial charge in [0.05, 0.1) is 19.3 Å². The van der Waals surface area contributed by atoms with Crippen molar-refractivity contribution in [3.05, 3.63) is 39.9 Å². The molecule has 3 heterocycles. The first-order chi connectivity index (χ1) is 11.8. The molecule has 1 atom stereocenters. The highest BCUT2D eigenvalue weighted by Crippen LogP contribution is 2.40. The molecule has 0 radical (unpaired) electrons. The van der Waals surface area contributed by atoms with Crippen LogP contribution >= 0.6 is 11.3 Å². The average Bonchev–Trinajstić information content (AvgIpc) is 3.12. The number of aromatic nitrogens is 1. The van der Waals surface area contributed by atoms with Crippen LogP contribution in [0, 0.1) is 0 Å². The summed E-state index contributed by atoms with van der Waals surface area (Å²) in [5, 5.41) is 9.01. The van der Waals surface area contributed by atoms with Gasteiger partial charge in [-0.05, 0) is 24.3 Å². The topological polar surface area (TPSA) is 67.6 Å². The monoisotopic (exact) mass is 347 g/mol. The Labute approximate surface area is 144 Å². The summed E-state index contributed by atoms with van der Waals surface area (Å²) in [6, 6.07) is 6.13. The summed E-state index contributed by atoms with van der Waals surface area (Å²) < 4.78 is 10.7. The van der Waals surface area contributed by atoms with Crippen LogP contribution in [0.3, 0.4) is 0 Å². The smallest absolute Gasteiger partial charge is 0.273 e. The molecule has 0 spiro atoms. The zero-order valence-electron chi connectivity index (χ0n) is 13.4. The number of amides is 1. The lowest BCUT2D eigenvalue weighted by atomic mass is 10.2. The number of morpholine rings is 1. The molecule has 2 fully saturated rings. The first-order valence-corrected chi connectivity index (χ1v) is 9.29. The molecule has 2 aliphatic rings. The Bertz CT molecular complexity index is 675. The standard InChI is InChI=1S/C17H21N3O3S/c21-17(13-10-15(23-19-13)12-3-4-12)18-11-14(16-2-1-9-24-16)20-5-7-22-8-6-20/h1-2,9-10,12,14H,3-8,11H2,(H,18,21)/t14-/m0/s1. The summed E-state index contributed by atoms with van der Waals surface area (Å²) in [5.41, 5.74) is 0.379. The number of hydrogen-bond donors (Lipinski definition) is 1. The van der Waals surface area contributed by atoms with Gasteiger partial charge in [0.25, 0.3) is 5.91 Å². The first kappa shape index (κ1) is 15.8. The molecule has 7 heteroatoms. The molecule has 24 heavy (non-hydrogen) atoms. The van der Waals surface area contributed by atoms with Crippen molar-refractivity contribution in [1.82, 2.24) is 15.4 Å². The SMILES string of the molecule is O=C(NC[C@@H](c1cccs1)N1CCOCC1)c1cc(C2CC2)on1. The van der Waals surface area contributed by atoms with Crippen molar-refractivity contribution in [2.45, 2.75) is 24.8 Å². The van der Waals surface area contributed by atoms with E-state index in [0.29, 0.717) is 18.2 Å². The van der Waals surface area contributed by atoms with E-state index >= 15 is 0 Å². The van der Waals surface area contributed by atoms with Crippen molar-refractivity contribution >= 4 is 17.2 Å². The van der Waals surface area contributed by atoms with Crippen LogP contribution in [0.4, 0.5) is 0 Å². The summed E-state index contributed by atoms with van der Waals surface area (Å²) >= 11 is 1.72. The highest BCUT2D eigenvalue weighted by molar-refractivity contribution is 7.10. The van der Waals surface area contributed by atoms with Crippen molar-refractivity contribution in [2.75, 3.05) is 32.8 Å². The molecule has 0 unspecified atom stereocenters. The first-order valence-electron chi connectivity index (χ1n) is 8.41. The average molecular weight is 347 g/mol. The van der Waals surface area contributed by atoms with Gasteiger partial charge in [-0.3, -0.25) is 9.69 Å². The van der Waals surface area contributed by atoms with E-state index in [9.17, 15) is 4.79 Å². The van der Waals surface area contributed by atoms with Crippen molar-refractivity contribution in [1.29, 1.82) is 0 Å². The Morgan fingerprint density at radius 1 is 1.42 bits per heavy atom. The van der Waals surface area contributed by atoms with E-state index in [1.165, 1.54) is 4.88 Å². The lowest BCUT2D eigenvalue weighted by Gasteiger charge is -2.34. The van der Waals surface area contributed by atoms with Crippen LogP contribution in [-0.2, 0) is 4.74 Å². The molecule has 0 bridgehead atoms. The van der Waals surface area contributed by atoms with Gasteiger partial charge in [0.15, 0.2) is 5.69 Å². The maximum atomic E-state index is 12.4. The van der Waals surface area contributed by atoms with Crippen LogP contribution < -0.4 is 5.32 Å². The maximum absolute atomic E-state index is 12.4. The van der Waals surface area contributed by atoms with Crippen LogP contribution in [0.1, 0.15) is 45.9 Å². The molecule has 1 N–H and O–H groups in total. The molecular formula is C17H21N3O3S. The number of carbonyl (C=O) groups is 1.